The zero-order chi connectivity index (χ0) is 12.8. The van der Waals surface area contributed by atoms with Crippen molar-refractivity contribution in [3.8, 4) is 0 Å². The van der Waals surface area contributed by atoms with Crippen LogP contribution in [-0.4, -0.2) is 52.9 Å². The molecule has 1 heterocycles. The van der Waals surface area contributed by atoms with Crippen molar-refractivity contribution in [2.24, 2.45) is 11.1 Å². The maximum atomic E-state index is 12.5. The molecule has 0 aromatic carbocycles. The highest BCUT2D eigenvalue weighted by Gasteiger charge is 2.55. The van der Waals surface area contributed by atoms with E-state index in [-0.39, 0.29) is 11.4 Å². The number of nitrogens with zero attached hydrogens (tertiary/aromatic N) is 2. The molecule has 1 amide bonds. The standard InChI is InChI=1S/C12H21N3OS/c1-11(2)8-15(7-6-14(11)3)10(16)12(4-5-12)9(13)17/h4-8H2,1-3H3,(H2,13,17). The molecule has 0 bridgehead atoms. The van der Waals surface area contributed by atoms with E-state index in [1.165, 1.54) is 0 Å². The van der Waals surface area contributed by atoms with Gasteiger partial charge in [-0.1, -0.05) is 12.2 Å². The van der Waals surface area contributed by atoms with E-state index in [4.69, 9.17) is 18.0 Å². The summed E-state index contributed by atoms with van der Waals surface area (Å²) in [7, 11) is 2.10. The lowest BCUT2D eigenvalue weighted by Gasteiger charge is -2.46. The summed E-state index contributed by atoms with van der Waals surface area (Å²) in [5, 5.41) is 0. The van der Waals surface area contributed by atoms with Gasteiger partial charge in [0.15, 0.2) is 0 Å². The number of carbonyl (C=O) groups excluding carboxylic acids is 1. The highest BCUT2D eigenvalue weighted by molar-refractivity contribution is 7.80. The number of hydrogen-bond donors (Lipinski definition) is 1. The largest absolute Gasteiger partial charge is 0.392 e. The van der Waals surface area contributed by atoms with Gasteiger partial charge in [0.1, 0.15) is 0 Å². The van der Waals surface area contributed by atoms with Gasteiger partial charge in [-0.3, -0.25) is 9.69 Å². The van der Waals surface area contributed by atoms with Gasteiger partial charge in [-0.2, -0.15) is 0 Å². The minimum atomic E-state index is -0.499. The van der Waals surface area contributed by atoms with Crippen molar-refractivity contribution >= 4 is 23.1 Å². The summed E-state index contributed by atoms with van der Waals surface area (Å²) in [6.07, 6.45) is 1.65. The summed E-state index contributed by atoms with van der Waals surface area (Å²) in [5.41, 5.74) is 5.24. The Balaban J connectivity index is 2.10. The number of thiocarbonyl (C=S) groups is 1. The zero-order valence-electron chi connectivity index (χ0n) is 10.8. The highest BCUT2D eigenvalue weighted by atomic mass is 32.1. The molecule has 2 rings (SSSR count). The molecule has 0 aromatic heterocycles. The van der Waals surface area contributed by atoms with Crippen LogP contribution in [0.25, 0.3) is 0 Å². The first-order chi connectivity index (χ1) is 7.79. The number of piperazine rings is 1. The second kappa shape index (κ2) is 3.92. The summed E-state index contributed by atoms with van der Waals surface area (Å²) in [6, 6.07) is 0. The first kappa shape index (κ1) is 12.8. The van der Waals surface area contributed by atoms with Gasteiger partial charge in [-0.25, -0.2) is 0 Å². The Morgan fingerprint density at radius 2 is 1.88 bits per heavy atom. The van der Waals surface area contributed by atoms with Crippen LogP contribution in [0.5, 0.6) is 0 Å². The quantitative estimate of drug-likeness (QED) is 0.734. The maximum Gasteiger partial charge on any atom is 0.235 e. The first-order valence-electron chi connectivity index (χ1n) is 6.10. The molecule has 0 aromatic rings. The fourth-order valence-electron chi connectivity index (χ4n) is 2.41. The normalized spacial score (nSPS) is 26.6. The third-order valence-corrected chi connectivity index (χ3v) is 4.63. The summed E-state index contributed by atoms with van der Waals surface area (Å²) < 4.78 is 0. The third-order valence-electron chi connectivity index (χ3n) is 4.23. The van der Waals surface area contributed by atoms with Gasteiger partial charge in [0, 0.05) is 25.2 Å². The highest BCUT2D eigenvalue weighted by Crippen LogP contribution is 2.48. The molecule has 17 heavy (non-hydrogen) atoms. The van der Waals surface area contributed by atoms with Crippen molar-refractivity contribution in [3.63, 3.8) is 0 Å². The van der Waals surface area contributed by atoms with Crippen LogP contribution >= 0.6 is 12.2 Å². The average Bonchev–Trinajstić information content (AvgIpc) is 3.02. The van der Waals surface area contributed by atoms with Gasteiger partial charge in [-0.05, 0) is 33.7 Å². The van der Waals surface area contributed by atoms with Crippen LogP contribution in [0.2, 0.25) is 0 Å². The number of hydrogen-bond acceptors (Lipinski definition) is 3. The molecule has 1 aliphatic carbocycles. The van der Waals surface area contributed by atoms with Gasteiger partial charge < -0.3 is 10.6 Å². The molecule has 0 spiro atoms. The van der Waals surface area contributed by atoms with Gasteiger partial charge in [0.05, 0.1) is 10.4 Å². The van der Waals surface area contributed by atoms with Crippen LogP contribution in [-0.2, 0) is 4.79 Å². The van der Waals surface area contributed by atoms with Crippen LogP contribution in [0.1, 0.15) is 26.7 Å². The predicted molar refractivity (Wildman–Crippen MR) is 71.7 cm³/mol. The van der Waals surface area contributed by atoms with Crippen LogP contribution < -0.4 is 5.73 Å². The van der Waals surface area contributed by atoms with Crippen molar-refractivity contribution in [1.29, 1.82) is 0 Å². The van der Waals surface area contributed by atoms with Gasteiger partial charge in [-0.15, -0.1) is 0 Å². The fraction of sp³-hybridized carbons (Fsp3) is 0.833. The second-order valence-electron chi connectivity index (χ2n) is 5.91. The number of nitrogens with two attached hydrogens (primary N) is 1. The minimum absolute atomic E-state index is 0.0280. The van der Waals surface area contributed by atoms with E-state index in [1.807, 2.05) is 4.90 Å². The molecule has 96 valence electrons. The van der Waals surface area contributed by atoms with Crippen molar-refractivity contribution in [2.45, 2.75) is 32.2 Å². The van der Waals surface area contributed by atoms with Gasteiger partial charge in [0.2, 0.25) is 5.91 Å². The van der Waals surface area contributed by atoms with Crippen LogP contribution in [0.3, 0.4) is 0 Å². The van der Waals surface area contributed by atoms with E-state index < -0.39 is 5.41 Å². The number of amides is 1. The molecule has 1 saturated heterocycles. The predicted octanol–water partition coefficient (Wildman–Crippen LogP) is 0.605. The molecule has 0 radical (unpaired) electrons. The van der Waals surface area contributed by atoms with E-state index in [0.717, 1.165) is 32.5 Å². The Bertz CT molecular complexity index is 363. The summed E-state index contributed by atoms with van der Waals surface area (Å²) >= 11 is 5.04. The van der Waals surface area contributed by atoms with Crippen molar-refractivity contribution in [1.82, 2.24) is 9.80 Å². The van der Waals surface area contributed by atoms with E-state index in [2.05, 4.69) is 25.8 Å². The molecule has 0 unspecified atom stereocenters. The van der Waals surface area contributed by atoms with Crippen molar-refractivity contribution in [2.75, 3.05) is 26.7 Å². The molecule has 1 saturated carbocycles. The lowest BCUT2D eigenvalue weighted by Crippen LogP contribution is -2.60. The fourth-order valence-corrected chi connectivity index (χ4v) is 2.70. The summed E-state index contributed by atoms with van der Waals surface area (Å²) in [5.74, 6) is 0.145. The van der Waals surface area contributed by atoms with E-state index >= 15 is 0 Å². The van der Waals surface area contributed by atoms with E-state index in [1.54, 1.807) is 0 Å². The van der Waals surface area contributed by atoms with Gasteiger partial charge in [0.25, 0.3) is 0 Å². The molecule has 5 heteroatoms. The average molecular weight is 255 g/mol. The van der Waals surface area contributed by atoms with Crippen molar-refractivity contribution < 1.29 is 4.79 Å². The number of rotatable bonds is 2. The maximum absolute atomic E-state index is 12.5. The second-order valence-corrected chi connectivity index (χ2v) is 6.35. The molecular weight excluding hydrogens is 234 g/mol. The first-order valence-corrected chi connectivity index (χ1v) is 6.51. The number of likely N-dealkylation sites (N-methyl/N-ethyl adjacent to an activating group) is 1. The van der Waals surface area contributed by atoms with Crippen LogP contribution in [0.15, 0.2) is 0 Å². The van der Waals surface area contributed by atoms with Crippen molar-refractivity contribution in [3.05, 3.63) is 0 Å². The van der Waals surface area contributed by atoms with Crippen LogP contribution in [0.4, 0.5) is 0 Å². The Kier molecular flexibility index (Phi) is 2.94. The Morgan fingerprint density at radius 1 is 1.29 bits per heavy atom. The Hall–Kier alpha value is -0.680. The molecule has 4 nitrogen and oxygen atoms in total. The lowest BCUT2D eigenvalue weighted by molar-refractivity contribution is -0.139. The van der Waals surface area contributed by atoms with E-state index in [0.29, 0.717) is 4.99 Å². The molecule has 1 aliphatic heterocycles. The van der Waals surface area contributed by atoms with Crippen LogP contribution in [0, 0.1) is 5.41 Å². The monoisotopic (exact) mass is 255 g/mol. The third kappa shape index (κ3) is 2.06. The summed E-state index contributed by atoms with van der Waals surface area (Å²) in [6.45, 7) is 6.77. The topological polar surface area (TPSA) is 49.6 Å². The van der Waals surface area contributed by atoms with E-state index in [9.17, 15) is 4.79 Å². The molecule has 2 aliphatic rings. The molecular formula is C12H21N3OS. The molecule has 0 atom stereocenters. The van der Waals surface area contributed by atoms with Gasteiger partial charge >= 0.3 is 0 Å². The Morgan fingerprint density at radius 3 is 2.29 bits per heavy atom. The Labute approximate surface area is 108 Å². The molecule has 2 N–H and O–H groups in total. The minimum Gasteiger partial charge on any atom is -0.392 e. The number of carbonyl (C=O) groups is 1. The smallest absolute Gasteiger partial charge is 0.235 e. The zero-order valence-corrected chi connectivity index (χ0v) is 11.6. The SMILES string of the molecule is CN1CCN(C(=O)C2(C(N)=S)CC2)CC1(C)C. The summed E-state index contributed by atoms with van der Waals surface area (Å²) in [4.78, 5) is 17.1. The lowest BCUT2D eigenvalue weighted by atomic mass is 9.97. The molecule has 2 fully saturated rings.